The smallest absolute Gasteiger partial charge is 0.306 e. The van der Waals surface area contributed by atoms with Gasteiger partial charge in [0.1, 0.15) is 11.9 Å². The van der Waals surface area contributed by atoms with Crippen molar-refractivity contribution in [2.24, 2.45) is 5.10 Å². The van der Waals surface area contributed by atoms with Crippen molar-refractivity contribution >= 4 is 29.9 Å². The minimum absolute atomic E-state index is 0.0212. The van der Waals surface area contributed by atoms with Gasteiger partial charge in [-0.25, -0.2) is 10.9 Å². The van der Waals surface area contributed by atoms with Gasteiger partial charge in [-0.3, -0.25) is 24.4 Å². The van der Waals surface area contributed by atoms with Crippen LogP contribution in [-0.4, -0.2) is 53.2 Å². The summed E-state index contributed by atoms with van der Waals surface area (Å²) in [4.78, 5) is 51.1. The highest BCUT2D eigenvalue weighted by atomic mass is 16.5. The van der Waals surface area contributed by atoms with Gasteiger partial charge >= 0.3 is 5.97 Å². The zero-order valence-corrected chi connectivity index (χ0v) is 26.9. The molecule has 4 rings (SSSR count). The monoisotopic (exact) mass is 654 g/mol. The molecule has 1 atom stereocenters. The lowest BCUT2D eigenvalue weighted by Gasteiger charge is -2.28. The predicted molar refractivity (Wildman–Crippen MR) is 180 cm³/mol. The lowest BCUT2D eigenvalue weighted by molar-refractivity contribution is -0.152. The summed E-state index contributed by atoms with van der Waals surface area (Å²) in [7, 11) is 0. The number of rotatable bonds is 13. The topological polar surface area (TPSA) is 147 Å². The van der Waals surface area contributed by atoms with Crippen LogP contribution >= 0.6 is 0 Å². The van der Waals surface area contributed by atoms with Crippen LogP contribution < -0.4 is 15.6 Å². The second-order valence-corrected chi connectivity index (χ2v) is 11.4. The predicted octanol–water partition coefficient (Wildman–Crippen LogP) is 5.64. The third kappa shape index (κ3) is 12.1. The Bertz CT molecular complexity index is 1540. The molecule has 1 heterocycles. The summed E-state index contributed by atoms with van der Waals surface area (Å²) in [6.07, 6.45) is 9.15. The van der Waals surface area contributed by atoms with Gasteiger partial charge in [-0.15, -0.1) is 0 Å². The average Bonchev–Trinajstić information content (AvgIpc) is 3.11. The van der Waals surface area contributed by atoms with Crippen LogP contribution in [0, 0.1) is 0 Å². The van der Waals surface area contributed by atoms with Crippen LogP contribution in [0.25, 0.3) is 0 Å². The first kappa shape index (κ1) is 35.6. The number of carbonyl (C=O) groups excluding carboxylic acids is 4. The number of carbonyl (C=O) groups is 4. The molecule has 0 radical (unpaired) electrons. The molecule has 0 saturated carbocycles. The highest BCUT2D eigenvalue weighted by Crippen LogP contribution is 2.23. The van der Waals surface area contributed by atoms with Crippen molar-refractivity contribution in [3.8, 4) is 5.75 Å². The van der Waals surface area contributed by atoms with Crippen LogP contribution in [0.2, 0.25) is 0 Å². The van der Waals surface area contributed by atoms with E-state index in [1.165, 1.54) is 0 Å². The van der Waals surface area contributed by atoms with E-state index >= 15 is 0 Å². The van der Waals surface area contributed by atoms with Gasteiger partial charge in [-0.1, -0.05) is 66.7 Å². The lowest BCUT2D eigenvalue weighted by Crippen LogP contribution is -2.35. The van der Waals surface area contributed by atoms with Gasteiger partial charge in [-0.2, -0.15) is 5.10 Å². The molecule has 11 heteroatoms. The number of hydrazone groups is 1. The third-order valence-corrected chi connectivity index (χ3v) is 7.68. The molecule has 0 bridgehead atoms. The van der Waals surface area contributed by atoms with E-state index in [0.29, 0.717) is 50.1 Å². The number of hydrogen-bond donors (Lipinski definition) is 3. The fourth-order valence-corrected chi connectivity index (χ4v) is 5.02. The first-order valence-corrected chi connectivity index (χ1v) is 16.2. The van der Waals surface area contributed by atoms with E-state index < -0.39 is 12.0 Å². The van der Waals surface area contributed by atoms with E-state index in [0.717, 1.165) is 29.5 Å². The number of nitrogens with zero attached hydrogens (tertiary/aromatic N) is 2. The number of hydrogen-bond acceptors (Lipinski definition) is 8. The number of amides is 3. The fourth-order valence-electron chi connectivity index (χ4n) is 5.02. The summed E-state index contributed by atoms with van der Waals surface area (Å²) in [6.45, 7) is 1.07. The molecule has 0 aromatic heterocycles. The summed E-state index contributed by atoms with van der Waals surface area (Å²) >= 11 is 0. The molecule has 252 valence electrons. The SMILES string of the molecule is O=C(CCCCCOc1ccc(C(=O)N/N=C/c2ccc(CN3C[C@@H](c4ccccc4)OC(=O)CC/C=C/CCC3=O)cc2)cc1)NO. The van der Waals surface area contributed by atoms with Crippen molar-refractivity contribution in [3.05, 3.63) is 113 Å². The lowest BCUT2D eigenvalue weighted by atomic mass is 10.1. The van der Waals surface area contributed by atoms with Crippen LogP contribution in [0.3, 0.4) is 0 Å². The number of cyclic esters (lactones) is 1. The number of benzene rings is 3. The van der Waals surface area contributed by atoms with Crippen LogP contribution in [-0.2, 0) is 25.7 Å². The minimum atomic E-state index is -0.574. The Morgan fingerprint density at radius 3 is 2.38 bits per heavy atom. The highest BCUT2D eigenvalue weighted by Gasteiger charge is 2.24. The zero-order chi connectivity index (χ0) is 34.0. The summed E-state index contributed by atoms with van der Waals surface area (Å²) in [5, 5.41) is 12.6. The van der Waals surface area contributed by atoms with Crippen LogP contribution in [0.5, 0.6) is 5.75 Å². The number of esters is 1. The second-order valence-electron chi connectivity index (χ2n) is 11.4. The van der Waals surface area contributed by atoms with Crippen molar-refractivity contribution in [1.82, 2.24) is 15.8 Å². The Labute approximate surface area is 280 Å². The fraction of sp³-hybridized carbons (Fsp3) is 0.324. The Morgan fingerprint density at radius 2 is 1.65 bits per heavy atom. The molecule has 1 aliphatic rings. The van der Waals surface area contributed by atoms with Crippen molar-refractivity contribution in [2.75, 3.05) is 13.2 Å². The minimum Gasteiger partial charge on any atom is -0.494 e. The van der Waals surface area contributed by atoms with Crippen molar-refractivity contribution < 1.29 is 33.9 Å². The standard InChI is InChI=1S/C37H42N4O7/c42-34(40-46)13-7-4-10-24-47-32-22-20-31(21-23-32)37(45)39-38-25-28-16-18-29(19-17-28)26-41-27-33(30-11-5-3-6-12-30)48-36(44)15-9-2-1-8-14-35(41)43/h1-3,5-6,11-12,16-23,25,33,46H,4,7-10,13-15,24,26-27H2,(H,39,45)(H,40,42)/b2-1+,38-25+/t33-/m0/s1. The summed E-state index contributed by atoms with van der Waals surface area (Å²) < 4.78 is 11.5. The van der Waals surface area contributed by atoms with E-state index in [2.05, 4.69) is 10.5 Å². The first-order valence-electron chi connectivity index (χ1n) is 16.2. The van der Waals surface area contributed by atoms with Gasteiger partial charge in [-0.05, 0) is 73.1 Å². The molecular formula is C37H42N4O7. The van der Waals surface area contributed by atoms with Gasteiger partial charge in [0, 0.05) is 31.4 Å². The summed E-state index contributed by atoms with van der Waals surface area (Å²) in [5.74, 6) is -0.452. The molecule has 0 spiro atoms. The molecule has 0 aliphatic carbocycles. The molecule has 3 aromatic carbocycles. The Morgan fingerprint density at radius 1 is 0.917 bits per heavy atom. The van der Waals surface area contributed by atoms with Crippen molar-refractivity contribution in [2.45, 2.75) is 64.0 Å². The number of allylic oxidation sites excluding steroid dienone is 2. The van der Waals surface area contributed by atoms with Gasteiger partial charge in [0.15, 0.2) is 0 Å². The van der Waals surface area contributed by atoms with E-state index in [1.807, 2.05) is 66.7 Å². The largest absolute Gasteiger partial charge is 0.494 e. The number of unbranched alkanes of at least 4 members (excludes halogenated alkanes) is 2. The number of nitrogens with one attached hydrogen (secondary N) is 2. The quantitative estimate of drug-likeness (QED) is 0.0540. The molecule has 1 aliphatic heterocycles. The molecule has 3 N–H and O–H groups in total. The van der Waals surface area contributed by atoms with Gasteiger partial charge in [0.05, 0.1) is 19.4 Å². The molecule has 0 saturated heterocycles. The molecule has 3 amide bonds. The zero-order valence-electron chi connectivity index (χ0n) is 26.9. The number of ether oxygens (including phenoxy) is 2. The first-order chi connectivity index (χ1) is 23.4. The van der Waals surface area contributed by atoms with E-state index in [4.69, 9.17) is 14.7 Å². The molecule has 3 aromatic rings. The second kappa shape index (κ2) is 19.4. The normalized spacial score (nSPS) is 16.4. The number of hydroxylamine groups is 1. The van der Waals surface area contributed by atoms with Gasteiger partial charge in [0.25, 0.3) is 5.91 Å². The van der Waals surface area contributed by atoms with Crippen LogP contribution in [0.4, 0.5) is 0 Å². The summed E-state index contributed by atoms with van der Waals surface area (Å²) in [6, 6.07) is 23.7. The maximum absolute atomic E-state index is 13.3. The van der Waals surface area contributed by atoms with Crippen LogP contribution in [0.1, 0.15) is 84.5 Å². The Hall–Kier alpha value is -5.29. The van der Waals surface area contributed by atoms with E-state index in [-0.39, 0.29) is 37.2 Å². The molecule has 11 nitrogen and oxygen atoms in total. The highest BCUT2D eigenvalue weighted by molar-refractivity contribution is 5.95. The molecule has 0 fully saturated rings. The van der Waals surface area contributed by atoms with Crippen molar-refractivity contribution in [3.63, 3.8) is 0 Å². The Balaban J connectivity index is 1.29. The van der Waals surface area contributed by atoms with E-state index in [9.17, 15) is 19.2 Å². The van der Waals surface area contributed by atoms with Gasteiger partial charge in [0.2, 0.25) is 11.8 Å². The van der Waals surface area contributed by atoms with Crippen molar-refractivity contribution in [1.29, 1.82) is 0 Å². The van der Waals surface area contributed by atoms with E-state index in [1.54, 1.807) is 40.9 Å². The molecule has 48 heavy (non-hydrogen) atoms. The maximum atomic E-state index is 13.3. The molecular weight excluding hydrogens is 612 g/mol. The van der Waals surface area contributed by atoms with Crippen LogP contribution in [0.15, 0.2) is 96.1 Å². The third-order valence-electron chi connectivity index (χ3n) is 7.68. The molecule has 0 unspecified atom stereocenters. The maximum Gasteiger partial charge on any atom is 0.306 e. The summed E-state index contributed by atoms with van der Waals surface area (Å²) in [5.41, 5.74) is 7.08. The van der Waals surface area contributed by atoms with Gasteiger partial charge < -0.3 is 14.4 Å². The Kier molecular flexibility index (Phi) is 14.4. The average molecular weight is 655 g/mol.